The number of halogens is 2. The van der Waals surface area contributed by atoms with Gasteiger partial charge in [0.2, 0.25) is 10.0 Å². The van der Waals surface area contributed by atoms with E-state index in [0.717, 1.165) is 31.5 Å². The molecule has 0 saturated carbocycles. The molecule has 2 fully saturated rings. The first kappa shape index (κ1) is 14.3. The number of nitrogens with one attached hydrogen (secondary N) is 1. The summed E-state index contributed by atoms with van der Waals surface area (Å²) in [6.07, 6.45) is 1.89. The smallest absolute Gasteiger partial charge is 0.244 e. The highest BCUT2D eigenvalue weighted by molar-refractivity contribution is 7.89. The number of piperidine rings is 1. The summed E-state index contributed by atoms with van der Waals surface area (Å²) in [4.78, 5) is -0.00637. The minimum absolute atomic E-state index is 0.00637. The molecule has 2 aliphatic rings. The number of nitrogens with zero attached hydrogens (tertiary/aromatic N) is 1. The van der Waals surface area contributed by atoms with Gasteiger partial charge in [0.1, 0.15) is 10.7 Å². The Balaban J connectivity index is 1.98. The molecule has 2 atom stereocenters. The molecule has 0 bridgehead atoms. The minimum Gasteiger partial charge on any atom is -0.315 e. The average molecular weight is 319 g/mol. The van der Waals surface area contributed by atoms with Gasteiger partial charge in [-0.25, -0.2) is 12.8 Å². The Morgan fingerprint density at radius 1 is 1.35 bits per heavy atom. The zero-order valence-electron chi connectivity index (χ0n) is 10.9. The van der Waals surface area contributed by atoms with Gasteiger partial charge in [-0.2, -0.15) is 4.31 Å². The Hall–Kier alpha value is -0.690. The summed E-state index contributed by atoms with van der Waals surface area (Å²) in [7, 11) is -3.67. The molecule has 1 aromatic carbocycles. The van der Waals surface area contributed by atoms with Crippen molar-refractivity contribution in [2.24, 2.45) is 5.92 Å². The van der Waals surface area contributed by atoms with Crippen molar-refractivity contribution in [2.75, 3.05) is 19.6 Å². The monoisotopic (exact) mass is 318 g/mol. The zero-order chi connectivity index (χ0) is 14.3. The molecule has 20 heavy (non-hydrogen) atoms. The summed E-state index contributed by atoms with van der Waals surface area (Å²) in [5.41, 5.74) is 0. The molecule has 0 spiro atoms. The van der Waals surface area contributed by atoms with Gasteiger partial charge in [0.15, 0.2) is 0 Å². The molecule has 2 unspecified atom stereocenters. The molecular weight excluding hydrogens is 303 g/mol. The standard InChI is InChI=1S/C13H16ClFN2O2S/c14-11-6-10(15)3-4-13(11)20(18,19)17-5-1-2-9-7-16-8-12(9)17/h3-4,6,9,12,16H,1-2,5,7-8H2. The van der Waals surface area contributed by atoms with Crippen LogP contribution in [0.4, 0.5) is 4.39 Å². The molecule has 2 aliphatic heterocycles. The molecule has 4 nitrogen and oxygen atoms in total. The number of fused-ring (bicyclic) bond motifs is 1. The first-order chi connectivity index (χ1) is 9.50. The van der Waals surface area contributed by atoms with E-state index < -0.39 is 15.8 Å². The quantitative estimate of drug-likeness (QED) is 0.905. The van der Waals surface area contributed by atoms with E-state index in [4.69, 9.17) is 11.6 Å². The number of hydrogen-bond donors (Lipinski definition) is 1. The SMILES string of the molecule is O=S(=O)(c1ccc(F)cc1Cl)N1CCCC2CNCC21. The largest absolute Gasteiger partial charge is 0.315 e. The summed E-state index contributed by atoms with van der Waals surface area (Å²) < 4.78 is 40.1. The van der Waals surface area contributed by atoms with Gasteiger partial charge in [-0.15, -0.1) is 0 Å². The number of hydrogen-bond acceptors (Lipinski definition) is 3. The molecule has 3 rings (SSSR count). The Morgan fingerprint density at radius 3 is 2.90 bits per heavy atom. The highest BCUT2D eigenvalue weighted by Gasteiger charge is 2.41. The topological polar surface area (TPSA) is 49.4 Å². The average Bonchev–Trinajstić information content (AvgIpc) is 2.85. The second kappa shape index (κ2) is 5.26. The molecule has 1 aromatic rings. The lowest BCUT2D eigenvalue weighted by Gasteiger charge is -2.36. The fraction of sp³-hybridized carbons (Fsp3) is 0.538. The molecular formula is C13H16ClFN2O2S. The lowest BCUT2D eigenvalue weighted by atomic mass is 9.94. The summed E-state index contributed by atoms with van der Waals surface area (Å²) >= 11 is 5.91. The van der Waals surface area contributed by atoms with E-state index >= 15 is 0 Å². The van der Waals surface area contributed by atoms with Crippen molar-refractivity contribution >= 4 is 21.6 Å². The van der Waals surface area contributed by atoms with Crippen LogP contribution < -0.4 is 5.32 Å². The molecule has 2 saturated heterocycles. The van der Waals surface area contributed by atoms with Crippen LogP contribution in [0.2, 0.25) is 5.02 Å². The van der Waals surface area contributed by atoms with E-state index in [9.17, 15) is 12.8 Å². The van der Waals surface area contributed by atoms with E-state index in [0.29, 0.717) is 19.0 Å². The van der Waals surface area contributed by atoms with E-state index in [1.54, 1.807) is 0 Å². The molecule has 0 aromatic heterocycles. The molecule has 0 amide bonds. The van der Waals surface area contributed by atoms with Crippen molar-refractivity contribution in [1.82, 2.24) is 9.62 Å². The van der Waals surface area contributed by atoms with Gasteiger partial charge in [0.05, 0.1) is 5.02 Å². The fourth-order valence-corrected chi connectivity index (χ4v) is 5.37. The van der Waals surface area contributed by atoms with Crippen LogP contribution in [0.3, 0.4) is 0 Å². The summed E-state index contributed by atoms with van der Waals surface area (Å²) in [6.45, 7) is 2.02. The van der Waals surface area contributed by atoms with Crippen molar-refractivity contribution in [3.63, 3.8) is 0 Å². The Morgan fingerprint density at radius 2 is 2.15 bits per heavy atom. The molecule has 7 heteroatoms. The van der Waals surface area contributed by atoms with E-state index in [-0.39, 0.29) is 16.0 Å². The lowest BCUT2D eigenvalue weighted by Crippen LogP contribution is -2.48. The molecule has 2 heterocycles. The van der Waals surface area contributed by atoms with Gasteiger partial charge in [0.25, 0.3) is 0 Å². The van der Waals surface area contributed by atoms with Gasteiger partial charge in [0, 0.05) is 19.1 Å². The van der Waals surface area contributed by atoms with Crippen LogP contribution in [0, 0.1) is 11.7 Å². The Labute approximate surface area is 123 Å². The second-order valence-corrected chi connectivity index (χ2v) is 7.58. The molecule has 1 N–H and O–H groups in total. The first-order valence-electron chi connectivity index (χ1n) is 6.68. The normalized spacial score (nSPS) is 27.5. The van der Waals surface area contributed by atoms with Crippen LogP contribution >= 0.6 is 11.6 Å². The van der Waals surface area contributed by atoms with Crippen LogP contribution in [0.25, 0.3) is 0 Å². The molecule has 0 radical (unpaired) electrons. The predicted octanol–water partition coefficient (Wildman–Crippen LogP) is 1.85. The van der Waals surface area contributed by atoms with Gasteiger partial charge in [-0.1, -0.05) is 11.6 Å². The van der Waals surface area contributed by atoms with Crippen molar-refractivity contribution in [3.8, 4) is 0 Å². The summed E-state index contributed by atoms with van der Waals surface area (Å²) in [5, 5.41) is 3.19. The maximum atomic E-state index is 13.1. The third kappa shape index (κ3) is 2.35. The van der Waals surface area contributed by atoms with Crippen LogP contribution in [-0.2, 0) is 10.0 Å². The third-order valence-corrected chi connectivity index (χ3v) is 6.52. The van der Waals surface area contributed by atoms with Crippen molar-refractivity contribution in [1.29, 1.82) is 0 Å². The highest BCUT2D eigenvalue weighted by atomic mass is 35.5. The Bertz CT molecular complexity index is 623. The Kier molecular flexibility index (Phi) is 3.75. The van der Waals surface area contributed by atoms with Crippen LogP contribution in [0.1, 0.15) is 12.8 Å². The first-order valence-corrected chi connectivity index (χ1v) is 8.49. The summed E-state index contributed by atoms with van der Waals surface area (Å²) in [6, 6.07) is 3.41. The van der Waals surface area contributed by atoms with Crippen molar-refractivity contribution in [3.05, 3.63) is 29.0 Å². The van der Waals surface area contributed by atoms with Crippen molar-refractivity contribution in [2.45, 2.75) is 23.8 Å². The zero-order valence-corrected chi connectivity index (χ0v) is 12.4. The molecule has 110 valence electrons. The van der Waals surface area contributed by atoms with Gasteiger partial charge in [-0.3, -0.25) is 0 Å². The van der Waals surface area contributed by atoms with Crippen LogP contribution in [-0.4, -0.2) is 38.4 Å². The van der Waals surface area contributed by atoms with E-state index in [2.05, 4.69) is 5.32 Å². The van der Waals surface area contributed by atoms with E-state index in [1.165, 1.54) is 10.4 Å². The number of sulfonamides is 1. The lowest BCUT2D eigenvalue weighted by molar-refractivity contribution is 0.217. The summed E-state index contributed by atoms with van der Waals surface area (Å²) in [5.74, 6) is -0.175. The van der Waals surface area contributed by atoms with Gasteiger partial charge >= 0.3 is 0 Å². The minimum atomic E-state index is -3.67. The maximum absolute atomic E-state index is 13.1. The third-order valence-electron chi connectivity index (χ3n) is 4.11. The van der Waals surface area contributed by atoms with Gasteiger partial charge < -0.3 is 5.32 Å². The number of rotatable bonds is 2. The molecule has 0 aliphatic carbocycles. The second-order valence-electron chi connectivity index (χ2n) is 5.32. The maximum Gasteiger partial charge on any atom is 0.244 e. The van der Waals surface area contributed by atoms with E-state index in [1.807, 2.05) is 0 Å². The van der Waals surface area contributed by atoms with Crippen LogP contribution in [0.15, 0.2) is 23.1 Å². The fourth-order valence-electron chi connectivity index (χ4n) is 3.14. The number of benzene rings is 1. The highest BCUT2D eigenvalue weighted by Crippen LogP contribution is 2.33. The van der Waals surface area contributed by atoms with Gasteiger partial charge in [-0.05, 0) is 43.5 Å². The van der Waals surface area contributed by atoms with Crippen LogP contribution in [0.5, 0.6) is 0 Å². The van der Waals surface area contributed by atoms with Crippen molar-refractivity contribution < 1.29 is 12.8 Å². The predicted molar refractivity (Wildman–Crippen MR) is 74.7 cm³/mol.